The lowest BCUT2D eigenvalue weighted by atomic mass is 10.1. The van der Waals surface area contributed by atoms with E-state index in [9.17, 15) is 10.1 Å². The number of hydrogen-bond acceptors (Lipinski definition) is 4. The molecular formula is C19H17Cl2NO3. The van der Waals surface area contributed by atoms with Crippen molar-refractivity contribution in [2.45, 2.75) is 20.3 Å². The van der Waals surface area contributed by atoms with Crippen LogP contribution >= 0.6 is 23.2 Å². The minimum atomic E-state index is -0.665. The van der Waals surface area contributed by atoms with Crippen LogP contribution < -0.4 is 0 Å². The van der Waals surface area contributed by atoms with Crippen LogP contribution in [0.15, 0.2) is 40.3 Å². The summed E-state index contributed by atoms with van der Waals surface area (Å²) in [5.74, 6) is 0.590. The van der Waals surface area contributed by atoms with E-state index in [1.54, 1.807) is 30.3 Å². The summed E-state index contributed by atoms with van der Waals surface area (Å²) >= 11 is 12.1. The maximum atomic E-state index is 11.9. The van der Waals surface area contributed by atoms with E-state index in [-0.39, 0.29) is 12.2 Å². The van der Waals surface area contributed by atoms with Crippen LogP contribution in [0.5, 0.6) is 0 Å². The Hall–Kier alpha value is -2.22. The molecule has 130 valence electrons. The van der Waals surface area contributed by atoms with Gasteiger partial charge in [-0.15, -0.1) is 0 Å². The van der Waals surface area contributed by atoms with Crippen molar-refractivity contribution < 1.29 is 13.9 Å². The molecule has 0 bridgehead atoms. The summed E-state index contributed by atoms with van der Waals surface area (Å²) in [7, 11) is 0. The number of carbonyl (C=O) groups excluding carboxylic acids is 1. The summed E-state index contributed by atoms with van der Waals surface area (Å²) in [6, 6.07) is 10.2. The van der Waals surface area contributed by atoms with Crippen LogP contribution in [0.4, 0.5) is 0 Å². The normalized spacial score (nSPS) is 11.4. The van der Waals surface area contributed by atoms with E-state index < -0.39 is 5.97 Å². The van der Waals surface area contributed by atoms with Crippen LogP contribution in [-0.2, 0) is 9.53 Å². The van der Waals surface area contributed by atoms with E-state index >= 15 is 0 Å². The first-order valence-electron chi connectivity index (χ1n) is 7.75. The Labute approximate surface area is 156 Å². The van der Waals surface area contributed by atoms with Crippen molar-refractivity contribution in [1.29, 1.82) is 5.26 Å². The van der Waals surface area contributed by atoms with E-state index in [1.807, 2.05) is 19.9 Å². The molecule has 0 aliphatic carbocycles. The highest BCUT2D eigenvalue weighted by molar-refractivity contribution is 6.35. The zero-order valence-corrected chi connectivity index (χ0v) is 15.4. The number of hydrogen-bond donors (Lipinski definition) is 0. The Kier molecular flexibility index (Phi) is 6.69. The Morgan fingerprint density at radius 3 is 2.76 bits per heavy atom. The molecule has 0 aliphatic heterocycles. The van der Waals surface area contributed by atoms with Crippen LogP contribution in [0.1, 0.15) is 26.0 Å². The number of furan rings is 1. The minimum absolute atomic E-state index is 0.123. The van der Waals surface area contributed by atoms with Crippen molar-refractivity contribution in [1.82, 2.24) is 0 Å². The second kappa shape index (κ2) is 8.75. The molecule has 4 nitrogen and oxygen atoms in total. The summed E-state index contributed by atoms with van der Waals surface area (Å²) in [5.41, 5.74) is 0.508. The SMILES string of the molecule is CC(C)CCOC(=O)/C(C#N)=C/c1ccc(-c2cc(Cl)ccc2Cl)o1. The lowest BCUT2D eigenvalue weighted by Crippen LogP contribution is -2.09. The van der Waals surface area contributed by atoms with Gasteiger partial charge in [-0.2, -0.15) is 5.26 Å². The number of benzene rings is 1. The predicted octanol–water partition coefficient (Wildman–Crippen LogP) is 5.75. The van der Waals surface area contributed by atoms with Gasteiger partial charge in [0.25, 0.3) is 0 Å². The van der Waals surface area contributed by atoms with Gasteiger partial charge in [0.1, 0.15) is 23.2 Å². The summed E-state index contributed by atoms with van der Waals surface area (Å²) in [6.07, 6.45) is 2.09. The average Bonchev–Trinajstić information content (AvgIpc) is 3.02. The highest BCUT2D eigenvalue weighted by Gasteiger charge is 2.14. The average molecular weight is 378 g/mol. The minimum Gasteiger partial charge on any atom is -0.462 e. The molecule has 0 spiro atoms. The molecule has 0 aliphatic rings. The zero-order chi connectivity index (χ0) is 18.4. The maximum Gasteiger partial charge on any atom is 0.349 e. The number of carbonyl (C=O) groups is 1. The van der Waals surface area contributed by atoms with Crippen LogP contribution in [0, 0.1) is 17.2 Å². The summed E-state index contributed by atoms with van der Waals surface area (Å²) in [6.45, 7) is 4.33. The number of nitrogens with zero attached hydrogens (tertiary/aromatic N) is 1. The quantitative estimate of drug-likeness (QED) is 0.365. The lowest BCUT2D eigenvalue weighted by Gasteiger charge is -2.05. The number of esters is 1. The fraction of sp³-hybridized carbons (Fsp3) is 0.263. The molecule has 6 heteroatoms. The highest BCUT2D eigenvalue weighted by atomic mass is 35.5. The molecule has 0 unspecified atom stereocenters. The van der Waals surface area contributed by atoms with Gasteiger partial charge in [0, 0.05) is 16.7 Å². The van der Waals surface area contributed by atoms with Gasteiger partial charge >= 0.3 is 5.97 Å². The van der Waals surface area contributed by atoms with Gasteiger partial charge in [-0.3, -0.25) is 0 Å². The Balaban J connectivity index is 2.17. The molecule has 1 aromatic heterocycles. The van der Waals surface area contributed by atoms with Gasteiger partial charge in [0.2, 0.25) is 0 Å². The Morgan fingerprint density at radius 2 is 2.08 bits per heavy atom. The molecule has 25 heavy (non-hydrogen) atoms. The van der Waals surface area contributed by atoms with Crippen molar-refractivity contribution in [3.05, 3.63) is 51.7 Å². The summed E-state index contributed by atoms with van der Waals surface area (Å²) in [5, 5.41) is 10.2. The molecule has 2 rings (SSSR count). The van der Waals surface area contributed by atoms with Gasteiger partial charge in [0.05, 0.1) is 11.6 Å². The number of nitriles is 1. The highest BCUT2D eigenvalue weighted by Crippen LogP contribution is 2.32. The fourth-order valence-electron chi connectivity index (χ4n) is 2.01. The summed E-state index contributed by atoms with van der Waals surface area (Å²) in [4.78, 5) is 11.9. The largest absolute Gasteiger partial charge is 0.462 e. The summed E-state index contributed by atoms with van der Waals surface area (Å²) < 4.78 is 10.7. The molecule has 2 aromatic rings. The third-order valence-corrected chi connectivity index (χ3v) is 3.94. The van der Waals surface area contributed by atoms with E-state index in [2.05, 4.69) is 0 Å². The lowest BCUT2D eigenvalue weighted by molar-refractivity contribution is -0.138. The zero-order valence-electron chi connectivity index (χ0n) is 13.9. The fourth-order valence-corrected chi connectivity index (χ4v) is 2.39. The van der Waals surface area contributed by atoms with Crippen LogP contribution in [-0.4, -0.2) is 12.6 Å². The van der Waals surface area contributed by atoms with Crippen LogP contribution in [0.2, 0.25) is 10.0 Å². The molecule has 0 saturated carbocycles. The van der Waals surface area contributed by atoms with Crippen LogP contribution in [0.25, 0.3) is 17.4 Å². The van der Waals surface area contributed by atoms with E-state index in [0.29, 0.717) is 33.0 Å². The first-order chi connectivity index (χ1) is 11.9. The molecule has 0 fully saturated rings. The van der Waals surface area contributed by atoms with Gasteiger partial charge in [-0.25, -0.2) is 4.79 Å². The van der Waals surface area contributed by atoms with Gasteiger partial charge in [0.15, 0.2) is 0 Å². The van der Waals surface area contributed by atoms with Crippen molar-refractivity contribution in [3.8, 4) is 17.4 Å². The molecule has 0 N–H and O–H groups in total. The second-order valence-corrected chi connectivity index (χ2v) is 6.66. The van der Waals surface area contributed by atoms with Crippen molar-refractivity contribution in [2.75, 3.05) is 6.61 Å². The van der Waals surface area contributed by atoms with Gasteiger partial charge in [-0.05, 0) is 42.7 Å². The number of halogens is 2. The molecule has 1 aromatic carbocycles. The first kappa shape index (κ1) is 19.1. The second-order valence-electron chi connectivity index (χ2n) is 5.81. The maximum absolute atomic E-state index is 11.9. The predicted molar refractivity (Wildman–Crippen MR) is 98.2 cm³/mol. The van der Waals surface area contributed by atoms with E-state index in [4.69, 9.17) is 32.4 Å². The van der Waals surface area contributed by atoms with Gasteiger partial charge < -0.3 is 9.15 Å². The Morgan fingerprint density at radius 1 is 1.32 bits per heavy atom. The van der Waals surface area contributed by atoms with Crippen LogP contribution in [0.3, 0.4) is 0 Å². The molecule has 1 heterocycles. The van der Waals surface area contributed by atoms with Gasteiger partial charge in [-0.1, -0.05) is 37.0 Å². The smallest absolute Gasteiger partial charge is 0.349 e. The Bertz CT molecular complexity index is 831. The standard InChI is InChI=1S/C19H17Cl2NO3/c1-12(2)7-8-24-19(23)13(11-22)9-15-4-6-18(25-15)16-10-14(20)3-5-17(16)21/h3-6,9-10,12H,7-8H2,1-2H3/b13-9+. The molecule has 0 atom stereocenters. The van der Waals surface area contributed by atoms with E-state index in [1.165, 1.54) is 6.08 Å². The third-order valence-electron chi connectivity index (χ3n) is 3.38. The molecule has 0 radical (unpaired) electrons. The van der Waals surface area contributed by atoms with Crippen molar-refractivity contribution >= 4 is 35.2 Å². The number of rotatable bonds is 6. The van der Waals surface area contributed by atoms with Crippen molar-refractivity contribution in [3.63, 3.8) is 0 Å². The van der Waals surface area contributed by atoms with E-state index in [0.717, 1.165) is 6.42 Å². The molecular weight excluding hydrogens is 361 g/mol. The first-order valence-corrected chi connectivity index (χ1v) is 8.50. The van der Waals surface area contributed by atoms with Crippen molar-refractivity contribution in [2.24, 2.45) is 5.92 Å². The third kappa shape index (κ3) is 5.38. The number of ether oxygens (including phenoxy) is 1. The molecule has 0 amide bonds. The molecule has 0 saturated heterocycles. The topological polar surface area (TPSA) is 63.2 Å². The monoisotopic (exact) mass is 377 g/mol.